The first-order valence-electron chi connectivity index (χ1n) is 5.89. The van der Waals surface area contributed by atoms with Crippen LogP contribution in [0.4, 0.5) is 0 Å². The number of thioether (sulfide) groups is 2. The first kappa shape index (κ1) is 13.2. The van der Waals surface area contributed by atoms with Crippen LogP contribution in [0.1, 0.15) is 12.5 Å². The van der Waals surface area contributed by atoms with Gasteiger partial charge in [0, 0.05) is 40.4 Å². The number of hydrogen-bond acceptors (Lipinski definition) is 5. The summed E-state index contributed by atoms with van der Waals surface area (Å²) in [5.41, 5.74) is 4.24. The standard InChI is InChI=1S/C12H19N3S2/c1-9-12(17-6-5-16-9)11(15-13)7-10-3-2-4-14-8-10/h2-4,8-9,11-12,15H,5-7,13H2,1H3. The number of nitrogens with two attached hydrogens (primary N) is 1. The van der Waals surface area contributed by atoms with E-state index >= 15 is 0 Å². The van der Waals surface area contributed by atoms with E-state index in [1.807, 2.05) is 42.0 Å². The van der Waals surface area contributed by atoms with E-state index in [0.29, 0.717) is 16.5 Å². The highest BCUT2D eigenvalue weighted by atomic mass is 32.2. The molecule has 1 fully saturated rings. The second-order valence-electron chi connectivity index (χ2n) is 4.25. The number of rotatable bonds is 4. The normalized spacial score (nSPS) is 26.7. The lowest BCUT2D eigenvalue weighted by Crippen LogP contribution is -2.48. The van der Waals surface area contributed by atoms with Crippen LogP contribution in [-0.4, -0.2) is 33.0 Å². The van der Waals surface area contributed by atoms with E-state index < -0.39 is 0 Å². The average Bonchev–Trinajstić information content (AvgIpc) is 2.38. The minimum atomic E-state index is 0.326. The van der Waals surface area contributed by atoms with E-state index in [9.17, 15) is 0 Å². The predicted molar refractivity (Wildman–Crippen MR) is 77.2 cm³/mol. The highest BCUT2D eigenvalue weighted by Gasteiger charge is 2.29. The highest BCUT2D eigenvalue weighted by Crippen LogP contribution is 2.33. The Morgan fingerprint density at radius 3 is 3.00 bits per heavy atom. The fraction of sp³-hybridized carbons (Fsp3) is 0.583. The molecule has 2 heterocycles. The van der Waals surface area contributed by atoms with Crippen molar-refractivity contribution in [2.24, 2.45) is 5.84 Å². The summed E-state index contributed by atoms with van der Waals surface area (Å²) in [6.45, 7) is 2.30. The fourth-order valence-corrected chi connectivity index (χ4v) is 5.08. The molecule has 3 N–H and O–H groups in total. The highest BCUT2D eigenvalue weighted by molar-refractivity contribution is 8.07. The molecule has 1 aromatic heterocycles. The summed E-state index contributed by atoms with van der Waals surface area (Å²) in [5.74, 6) is 8.20. The second kappa shape index (κ2) is 6.64. The van der Waals surface area contributed by atoms with Gasteiger partial charge in [0.15, 0.2) is 0 Å². The lowest BCUT2D eigenvalue weighted by molar-refractivity contribution is 0.501. The lowest BCUT2D eigenvalue weighted by Gasteiger charge is -2.34. The van der Waals surface area contributed by atoms with Crippen molar-refractivity contribution in [3.05, 3.63) is 30.1 Å². The molecular formula is C12H19N3S2. The van der Waals surface area contributed by atoms with Gasteiger partial charge in [-0.05, 0) is 18.1 Å². The fourth-order valence-electron chi connectivity index (χ4n) is 2.13. The Kier molecular flexibility index (Phi) is 5.16. The zero-order valence-electron chi connectivity index (χ0n) is 10.0. The summed E-state index contributed by atoms with van der Waals surface area (Å²) in [7, 11) is 0. The van der Waals surface area contributed by atoms with E-state index in [0.717, 1.165) is 6.42 Å². The molecule has 3 unspecified atom stereocenters. The number of aromatic nitrogens is 1. The monoisotopic (exact) mass is 269 g/mol. The molecule has 0 saturated carbocycles. The van der Waals surface area contributed by atoms with Crippen LogP contribution >= 0.6 is 23.5 Å². The molecule has 1 aliphatic rings. The van der Waals surface area contributed by atoms with Gasteiger partial charge in [0.25, 0.3) is 0 Å². The van der Waals surface area contributed by atoms with E-state index in [1.165, 1.54) is 17.1 Å². The van der Waals surface area contributed by atoms with E-state index in [2.05, 4.69) is 23.4 Å². The van der Waals surface area contributed by atoms with Crippen LogP contribution in [0.3, 0.4) is 0 Å². The van der Waals surface area contributed by atoms with Crippen LogP contribution in [0.5, 0.6) is 0 Å². The number of hydrogen-bond donors (Lipinski definition) is 2. The Labute approximate surface area is 111 Å². The van der Waals surface area contributed by atoms with Crippen molar-refractivity contribution < 1.29 is 0 Å². The maximum absolute atomic E-state index is 5.72. The second-order valence-corrected chi connectivity index (χ2v) is 7.02. The Morgan fingerprint density at radius 2 is 2.35 bits per heavy atom. The topological polar surface area (TPSA) is 50.9 Å². The minimum Gasteiger partial charge on any atom is -0.271 e. The van der Waals surface area contributed by atoms with Gasteiger partial charge in [0.05, 0.1) is 0 Å². The van der Waals surface area contributed by atoms with Gasteiger partial charge in [-0.2, -0.15) is 23.5 Å². The van der Waals surface area contributed by atoms with E-state index in [-0.39, 0.29) is 0 Å². The summed E-state index contributed by atoms with van der Waals surface area (Å²) in [4.78, 5) is 4.16. The summed E-state index contributed by atoms with van der Waals surface area (Å²) in [5, 5.41) is 1.24. The predicted octanol–water partition coefficient (Wildman–Crippen LogP) is 1.69. The molecule has 17 heavy (non-hydrogen) atoms. The maximum atomic E-state index is 5.72. The molecule has 0 aliphatic carbocycles. The van der Waals surface area contributed by atoms with Crippen LogP contribution in [0.25, 0.3) is 0 Å². The van der Waals surface area contributed by atoms with Gasteiger partial charge in [0.1, 0.15) is 0 Å². The van der Waals surface area contributed by atoms with Gasteiger partial charge in [-0.15, -0.1) is 0 Å². The molecule has 94 valence electrons. The third kappa shape index (κ3) is 3.61. The molecule has 1 saturated heterocycles. The van der Waals surface area contributed by atoms with Gasteiger partial charge >= 0.3 is 0 Å². The third-order valence-corrected chi connectivity index (χ3v) is 6.28. The Hall–Kier alpha value is -0.230. The van der Waals surface area contributed by atoms with Crippen molar-refractivity contribution in [2.75, 3.05) is 11.5 Å². The quantitative estimate of drug-likeness (QED) is 0.643. The van der Waals surface area contributed by atoms with Crippen molar-refractivity contribution in [1.29, 1.82) is 0 Å². The minimum absolute atomic E-state index is 0.326. The number of nitrogens with zero attached hydrogens (tertiary/aromatic N) is 1. The summed E-state index contributed by atoms with van der Waals surface area (Å²) in [6.07, 6.45) is 4.69. The van der Waals surface area contributed by atoms with E-state index in [4.69, 9.17) is 5.84 Å². The van der Waals surface area contributed by atoms with Gasteiger partial charge in [-0.1, -0.05) is 13.0 Å². The average molecular weight is 269 g/mol. The summed E-state index contributed by atoms with van der Waals surface area (Å²) < 4.78 is 0. The van der Waals surface area contributed by atoms with Crippen LogP contribution < -0.4 is 11.3 Å². The Morgan fingerprint density at radius 1 is 1.53 bits per heavy atom. The maximum Gasteiger partial charge on any atom is 0.0380 e. The Balaban J connectivity index is 2.00. The van der Waals surface area contributed by atoms with Crippen LogP contribution in [-0.2, 0) is 6.42 Å². The molecule has 2 rings (SSSR count). The molecule has 5 heteroatoms. The molecule has 1 aliphatic heterocycles. The lowest BCUT2D eigenvalue weighted by atomic mass is 10.0. The molecule has 3 atom stereocenters. The Bertz CT molecular complexity index is 334. The SMILES string of the molecule is CC1SCCSC1C(Cc1cccnc1)NN. The van der Waals surface area contributed by atoms with Gasteiger partial charge in [0.2, 0.25) is 0 Å². The van der Waals surface area contributed by atoms with Crippen molar-refractivity contribution in [2.45, 2.75) is 29.9 Å². The molecule has 3 nitrogen and oxygen atoms in total. The van der Waals surface area contributed by atoms with Gasteiger partial charge in [-0.25, -0.2) is 0 Å². The smallest absolute Gasteiger partial charge is 0.0380 e. The zero-order chi connectivity index (χ0) is 12.1. The summed E-state index contributed by atoms with van der Waals surface area (Å²) >= 11 is 4.09. The van der Waals surface area contributed by atoms with Crippen molar-refractivity contribution >= 4 is 23.5 Å². The summed E-state index contributed by atoms with van der Waals surface area (Å²) in [6, 6.07) is 4.42. The molecule has 0 amide bonds. The molecular weight excluding hydrogens is 250 g/mol. The zero-order valence-corrected chi connectivity index (χ0v) is 11.6. The van der Waals surface area contributed by atoms with Crippen LogP contribution in [0, 0.1) is 0 Å². The first-order valence-corrected chi connectivity index (χ1v) is 7.99. The number of hydrazine groups is 1. The van der Waals surface area contributed by atoms with Crippen molar-refractivity contribution in [3.63, 3.8) is 0 Å². The van der Waals surface area contributed by atoms with Crippen LogP contribution in [0.15, 0.2) is 24.5 Å². The number of pyridine rings is 1. The van der Waals surface area contributed by atoms with Crippen LogP contribution in [0.2, 0.25) is 0 Å². The largest absolute Gasteiger partial charge is 0.271 e. The van der Waals surface area contributed by atoms with E-state index in [1.54, 1.807) is 0 Å². The molecule has 0 bridgehead atoms. The van der Waals surface area contributed by atoms with Crippen molar-refractivity contribution in [1.82, 2.24) is 10.4 Å². The molecule has 0 spiro atoms. The third-order valence-electron chi connectivity index (χ3n) is 3.03. The number of nitrogens with one attached hydrogen (secondary N) is 1. The molecule has 1 aromatic rings. The van der Waals surface area contributed by atoms with Crippen molar-refractivity contribution in [3.8, 4) is 0 Å². The first-order chi connectivity index (χ1) is 8.31. The van der Waals surface area contributed by atoms with Gasteiger partial charge < -0.3 is 0 Å². The molecule has 0 radical (unpaired) electrons. The molecule has 0 aromatic carbocycles. The van der Waals surface area contributed by atoms with Gasteiger partial charge in [-0.3, -0.25) is 16.3 Å².